The number of imidazole rings is 1. The molecular formula is C38H39N5O7. The number of rotatable bonds is 16. The number of nitrogens with zero attached hydrogens (tertiary/aromatic N) is 1. The third-order valence-corrected chi connectivity index (χ3v) is 7.74. The van der Waals surface area contributed by atoms with Crippen LogP contribution in [0.15, 0.2) is 122 Å². The Hall–Kier alpha value is -6.14. The van der Waals surface area contributed by atoms with Crippen molar-refractivity contribution in [3.63, 3.8) is 0 Å². The third-order valence-electron chi connectivity index (χ3n) is 7.74. The summed E-state index contributed by atoms with van der Waals surface area (Å²) >= 11 is 0. The number of benzene rings is 4. The number of phenols is 1. The Morgan fingerprint density at radius 3 is 2.00 bits per heavy atom. The van der Waals surface area contributed by atoms with E-state index in [1.807, 2.05) is 91.0 Å². The van der Waals surface area contributed by atoms with E-state index in [4.69, 9.17) is 14.2 Å². The first-order chi connectivity index (χ1) is 24.3. The highest BCUT2D eigenvalue weighted by atomic mass is 16.5. The van der Waals surface area contributed by atoms with Gasteiger partial charge in [0.1, 0.15) is 31.4 Å². The number of aromatic amines is 1. The van der Waals surface area contributed by atoms with Gasteiger partial charge in [0, 0.05) is 24.7 Å². The summed E-state index contributed by atoms with van der Waals surface area (Å²) in [6.07, 6.45) is 2.29. The van der Waals surface area contributed by atoms with Crippen LogP contribution in [0.3, 0.4) is 0 Å². The van der Waals surface area contributed by atoms with E-state index < -0.39 is 29.6 Å². The maximum Gasteiger partial charge on any atom is 0.408 e. The second-order valence-electron chi connectivity index (χ2n) is 11.8. The van der Waals surface area contributed by atoms with Gasteiger partial charge in [-0.25, -0.2) is 20.0 Å². The maximum absolute atomic E-state index is 13.7. The second-order valence-corrected chi connectivity index (χ2v) is 11.8. The van der Waals surface area contributed by atoms with Crippen LogP contribution in [-0.2, 0) is 51.7 Å². The van der Waals surface area contributed by atoms with Gasteiger partial charge in [0.2, 0.25) is 0 Å². The van der Waals surface area contributed by atoms with Gasteiger partial charge in [-0.3, -0.25) is 10.2 Å². The molecule has 0 unspecified atom stereocenters. The molecule has 0 fully saturated rings. The molecule has 0 spiro atoms. The summed E-state index contributed by atoms with van der Waals surface area (Å²) in [6.45, 7) is 1.83. The van der Waals surface area contributed by atoms with E-state index in [2.05, 4.69) is 26.1 Å². The van der Waals surface area contributed by atoms with Gasteiger partial charge in [-0.15, -0.1) is 0 Å². The summed E-state index contributed by atoms with van der Waals surface area (Å²) in [7, 11) is 0. The summed E-state index contributed by atoms with van der Waals surface area (Å²) in [6, 6.07) is 31.5. The number of ether oxygens (including phenoxy) is 3. The van der Waals surface area contributed by atoms with Crippen molar-refractivity contribution < 1.29 is 33.7 Å². The molecule has 0 bridgehead atoms. The van der Waals surface area contributed by atoms with E-state index in [1.54, 1.807) is 19.1 Å². The normalized spacial score (nSPS) is 12.6. The van der Waals surface area contributed by atoms with E-state index in [9.17, 15) is 19.5 Å². The van der Waals surface area contributed by atoms with Crippen LogP contribution in [-0.4, -0.2) is 44.6 Å². The smallest absolute Gasteiger partial charge is 0.408 e. The average Bonchev–Trinajstić information content (AvgIpc) is 3.66. The van der Waals surface area contributed by atoms with Crippen LogP contribution in [0.2, 0.25) is 0 Å². The molecule has 5 aromatic rings. The predicted octanol–water partition coefficient (Wildman–Crippen LogP) is 4.90. The topological polar surface area (TPSA) is 164 Å². The van der Waals surface area contributed by atoms with Gasteiger partial charge >= 0.3 is 12.1 Å². The van der Waals surface area contributed by atoms with Gasteiger partial charge < -0.3 is 29.6 Å². The molecule has 12 nitrogen and oxygen atoms in total. The predicted molar refractivity (Wildman–Crippen MR) is 184 cm³/mol. The van der Waals surface area contributed by atoms with Crippen molar-refractivity contribution in [2.24, 2.45) is 0 Å². The Morgan fingerprint density at radius 1 is 0.800 bits per heavy atom. The van der Waals surface area contributed by atoms with Gasteiger partial charge in [0.15, 0.2) is 11.5 Å². The molecule has 2 atom stereocenters. The Kier molecular flexibility index (Phi) is 12.2. The highest BCUT2D eigenvalue weighted by Crippen LogP contribution is 2.29. The van der Waals surface area contributed by atoms with Crippen molar-refractivity contribution in [2.75, 3.05) is 0 Å². The number of hydrogen-bond donors (Lipinski definition) is 5. The molecule has 0 saturated heterocycles. The zero-order valence-corrected chi connectivity index (χ0v) is 27.5. The zero-order chi connectivity index (χ0) is 35.2. The first-order valence-electron chi connectivity index (χ1n) is 16.0. The molecule has 0 radical (unpaired) electrons. The van der Waals surface area contributed by atoms with Crippen molar-refractivity contribution >= 4 is 18.0 Å². The van der Waals surface area contributed by atoms with Gasteiger partial charge in [-0.2, -0.15) is 0 Å². The average molecular weight is 678 g/mol. The lowest BCUT2D eigenvalue weighted by atomic mass is 9.93. The van der Waals surface area contributed by atoms with Crippen molar-refractivity contribution in [2.45, 2.75) is 51.2 Å². The Balaban J connectivity index is 1.30. The number of alkyl carbamates (subject to hydrolysis) is 1. The minimum atomic E-state index is -1.51. The number of H-pyrrole nitrogens is 1. The van der Waals surface area contributed by atoms with Crippen LogP contribution in [0, 0.1) is 0 Å². The number of phenolic OH excluding ortho intramolecular Hbond substituents is 1. The summed E-state index contributed by atoms with van der Waals surface area (Å²) in [5.41, 5.74) is 7.66. The molecule has 1 heterocycles. The van der Waals surface area contributed by atoms with E-state index in [0.717, 1.165) is 16.7 Å². The molecule has 1 aromatic heterocycles. The minimum Gasteiger partial charge on any atom is -0.504 e. The van der Waals surface area contributed by atoms with Gasteiger partial charge in [-0.05, 0) is 41.3 Å². The lowest BCUT2D eigenvalue weighted by molar-refractivity contribution is -0.153. The van der Waals surface area contributed by atoms with Crippen LogP contribution < -0.4 is 20.9 Å². The fraction of sp³-hybridized carbons (Fsp3) is 0.211. The first kappa shape index (κ1) is 35.2. The molecule has 5 N–H and O–H groups in total. The van der Waals surface area contributed by atoms with Crippen LogP contribution >= 0.6 is 0 Å². The molecule has 0 aliphatic rings. The lowest BCUT2D eigenvalue weighted by Gasteiger charge is -2.30. The van der Waals surface area contributed by atoms with Crippen LogP contribution in [0.5, 0.6) is 11.5 Å². The number of carbonyl (C=O) groups is 3. The Morgan fingerprint density at radius 2 is 1.40 bits per heavy atom. The molecular weight excluding hydrogens is 638 g/mol. The standard InChI is InChI=1S/C38H39N5O7/c1-38(36(46)49-24-28-13-7-3-8-14-28,21-30-17-18-33(44)34(19-30)48-23-27-11-5-2-6-12-27)43-42-35(45)32(20-31-22-39-26-40-31)41-37(47)50-25-29-15-9-4-10-16-29/h2-19,22,26,32,43-44H,20-21,23-25H2,1H3,(H,39,40)(H,41,47)(H,42,45)/t32-,38-/m0/s1. The molecule has 0 saturated carbocycles. The number of aromatic nitrogens is 2. The van der Waals surface area contributed by atoms with Crippen LogP contribution in [0.25, 0.3) is 0 Å². The number of hydrazine groups is 1. The number of nitrogens with one attached hydrogen (secondary N) is 4. The van der Waals surface area contributed by atoms with Gasteiger partial charge in [0.25, 0.3) is 5.91 Å². The molecule has 0 aliphatic heterocycles. The molecule has 50 heavy (non-hydrogen) atoms. The quantitative estimate of drug-likeness (QED) is 0.0722. The molecule has 2 amide bonds. The maximum atomic E-state index is 13.7. The minimum absolute atomic E-state index is 0.00314. The fourth-order valence-corrected chi connectivity index (χ4v) is 5.00. The molecule has 5 rings (SSSR count). The number of aromatic hydroxyl groups is 1. The summed E-state index contributed by atoms with van der Waals surface area (Å²) in [4.78, 5) is 47.0. The van der Waals surface area contributed by atoms with E-state index in [1.165, 1.54) is 18.6 Å². The molecule has 0 aliphatic carbocycles. The lowest BCUT2D eigenvalue weighted by Crippen LogP contribution is -2.62. The number of carbonyl (C=O) groups excluding carboxylic acids is 3. The number of hydrogen-bond acceptors (Lipinski definition) is 9. The highest BCUT2D eigenvalue weighted by molar-refractivity contribution is 5.87. The van der Waals surface area contributed by atoms with E-state index >= 15 is 0 Å². The van der Waals surface area contributed by atoms with Crippen LogP contribution in [0.4, 0.5) is 4.79 Å². The zero-order valence-electron chi connectivity index (χ0n) is 27.5. The highest BCUT2D eigenvalue weighted by Gasteiger charge is 2.37. The third kappa shape index (κ3) is 10.4. The monoisotopic (exact) mass is 677 g/mol. The second kappa shape index (κ2) is 17.3. The van der Waals surface area contributed by atoms with Gasteiger partial charge in [-0.1, -0.05) is 97.1 Å². The molecule has 258 valence electrons. The Bertz CT molecular complexity index is 1820. The summed E-state index contributed by atoms with van der Waals surface area (Å²) in [5.74, 6) is -1.13. The SMILES string of the molecule is C[C@@](Cc1ccc(O)c(OCc2ccccc2)c1)(NNC(=O)[C@H](Cc1cnc[nH]1)NC(=O)OCc1ccccc1)C(=O)OCc1ccccc1. The van der Waals surface area contributed by atoms with E-state index in [-0.39, 0.29) is 44.2 Å². The molecule has 4 aromatic carbocycles. The van der Waals surface area contributed by atoms with Crippen molar-refractivity contribution in [1.29, 1.82) is 0 Å². The fourth-order valence-electron chi connectivity index (χ4n) is 5.00. The number of amides is 2. The van der Waals surface area contributed by atoms with Crippen LogP contribution in [0.1, 0.15) is 34.9 Å². The number of esters is 1. The summed E-state index contributed by atoms with van der Waals surface area (Å²) < 4.78 is 16.9. The van der Waals surface area contributed by atoms with Crippen molar-refractivity contribution in [3.8, 4) is 11.5 Å². The van der Waals surface area contributed by atoms with Gasteiger partial charge in [0.05, 0.1) is 6.33 Å². The van der Waals surface area contributed by atoms with Crippen molar-refractivity contribution in [3.05, 3.63) is 150 Å². The van der Waals surface area contributed by atoms with Crippen molar-refractivity contribution in [1.82, 2.24) is 26.1 Å². The first-order valence-corrected chi connectivity index (χ1v) is 16.0. The Labute approximate surface area is 289 Å². The summed E-state index contributed by atoms with van der Waals surface area (Å²) in [5, 5.41) is 13.1. The van der Waals surface area contributed by atoms with E-state index in [0.29, 0.717) is 11.3 Å². The molecule has 12 heteroatoms. The largest absolute Gasteiger partial charge is 0.504 e.